The number of ether oxygens (including phenoxy) is 1. The lowest BCUT2D eigenvalue weighted by Gasteiger charge is -2.09. The summed E-state index contributed by atoms with van der Waals surface area (Å²) < 4.78 is 5.44. The molecule has 0 aliphatic heterocycles. The van der Waals surface area contributed by atoms with Crippen LogP contribution in [0, 0.1) is 19.8 Å². The summed E-state index contributed by atoms with van der Waals surface area (Å²) in [4.78, 5) is 36.7. The number of hydrogen-bond donors (Lipinski definition) is 0. The van der Waals surface area contributed by atoms with E-state index in [1.165, 1.54) is 0 Å². The van der Waals surface area contributed by atoms with Gasteiger partial charge in [-0.3, -0.25) is 9.59 Å². The molecule has 0 spiro atoms. The summed E-state index contributed by atoms with van der Waals surface area (Å²) in [6.45, 7) is 14.4. The monoisotopic (exact) mass is 500 g/mol. The van der Waals surface area contributed by atoms with Crippen molar-refractivity contribution in [2.75, 3.05) is 0 Å². The standard InChI is InChI=1S/C26H22O4.2C3H6.H2O/c1-16-3-7-18(8-4-16)25(28)23-14-22(23)20-11-12-24(21(13-20)15-27)30-26(29)19-9-5-17(2)6-10-19;2*1-3-2;/h3-13,15,22-23H,14H2,1-2H3;2*3H,1H2,2H3;1H2. The predicted molar refractivity (Wildman–Crippen MR) is 150 cm³/mol. The molecular formula is C32H36O5. The van der Waals surface area contributed by atoms with Crippen LogP contribution in [0.25, 0.3) is 0 Å². The molecule has 1 aliphatic rings. The van der Waals surface area contributed by atoms with Gasteiger partial charge in [-0.15, -0.1) is 13.2 Å². The lowest BCUT2D eigenvalue weighted by Crippen LogP contribution is -2.10. The second kappa shape index (κ2) is 15.1. The van der Waals surface area contributed by atoms with Crippen LogP contribution < -0.4 is 4.74 Å². The van der Waals surface area contributed by atoms with Gasteiger partial charge in [0, 0.05) is 11.5 Å². The summed E-state index contributed by atoms with van der Waals surface area (Å²) in [5.41, 5.74) is 4.52. The second-order valence-corrected chi connectivity index (χ2v) is 8.67. The first-order chi connectivity index (χ1) is 17.3. The molecule has 2 atom stereocenters. The quantitative estimate of drug-likeness (QED) is 0.121. The molecule has 0 heterocycles. The van der Waals surface area contributed by atoms with Crippen LogP contribution in [0.15, 0.2) is 92.0 Å². The first-order valence-electron chi connectivity index (χ1n) is 11.9. The lowest BCUT2D eigenvalue weighted by molar-refractivity contribution is 0.0733. The minimum absolute atomic E-state index is 0. The van der Waals surface area contributed by atoms with Crippen LogP contribution in [-0.4, -0.2) is 23.5 Å². The van der Waals surface area contributed by atoms with Gasteiger partial charge in [0.15, 0.2) is 12.1 Å². The maximum atomic E-state index is 12.7. The second-order valence-electron chi connectivity index (χ2n) is 8.67. The number of ketones is 1. The maximum Gasteiger partial charge on any atom is 0.343 e. The first kappa shape index (κ1) is 30.9. The van der Waals surface area contributed by atoms with Gasteiger partial charge in [0.2, 0.25) is 0 Å². The highest BCUT2D eigenvalue weighted by Crippen LogP contribution is 2.49. The molecule has 0 amide bonds. The zero-order chi connectivity index (χ0) is 26.7. The first-order valence-corrected chi connectivity index (χ1v) is 11.9. The minimum Gasteiger partial charge on any atom is -0.422 e. The lowest BCUT2D eigenvalue weighted by atomic mass is 10.0. The highest BCUT2D eigenvalue weighted by atomic mass is 16.5. The van der Waals surface area contributed by atoms with Crippen LogP contribution in [-0.2, 0) is 0 Å². The number of hydrogen-bond acceptors (Lipinski definition) is 4. The fraction of sp³-hybridized carbons (Fsp3) is 0.219. The average molecular weight is 501 g/mol. The van der Waals surface area contributed by atoms with E-state index in [4.69, 9.17) is 4.74 Å². The highest BCUT2D eigenvalue weighted by molar-refractivity contribution is 6.00. The minimum atomic E-state index is -0.510. The van der Waals surface area contributed by atoms with E-state index in [-0.39, 0.29) is 28.8 Å². The molecule has 0 aromatic heterocycles. The van der Waals surface area contributed by atoms with Crippen LogP contribution in [0.5, 0.6) is 5.75 Å². The van der Waals surface area contributed by atoms with Gasteiger partial charge in [-0.05, 0) is 69.9 Å². The molecular weight excluding hydrogens is 464 g/mol. The number of carbonyl (C=O) groups excluding carboxylic acids is 3. The normalized spacial score (nSPS) is 14.7. The van der Waals surface area contributed by atoms with Crippen molar-refractivity contribution < 1.29 is 24.6 Å². The van der Waals surface area contributed by atoms with Crippen molar-refractivity contribution in [3.63, 3.8) is 0 Å². The smallest absolute Gasteiger partial charge is 0.343 e. The Balaban J connectivity index is 0.000000894. The van der Waals surface area contributed by atoms with Gasteiger partial charge in [-0.2, -0.15) is 0 Å². The third-order valence-corrected chi connectivity index (χ3v) is 5.54. The molecule has 3 aromatic carbocycles. The molecule has 3 aromatic rings. The molecule has 1 fully saturated rings. The average Bonchev–Trinajstić information content (AvgIpc) is 3.67. The van der Waals surface area contributed by atoms with Gasteiger partial charge < -0.3 is 10.2 Å². The molecule has 0 radical (unpaired) electrons. The number of carbonyl (C=O) groups is 3. The fourth-order valence-electron chi connectivity index (χ4n) is 3.62. The van der Waals surface area contributed by atoms with Crippen molar-refractivity contribution >= 4 is 18.0 Å². The van der Waals surface area contributed by atoms with Crippen molar-refractivity contribution in [3.8, 4) is 5.75 Å². The van der Waals surface area contributed by atoms with Gasteiger partial charge in [-0.25, -0.2) is 4.79 Å². The summed E-state index contributed by atoms with van der Waals surface area (Å²) in [5, 5.41) is 0. The molecule has 1 aliphatic carbocycles. The van der Waals surface area contributed by atoms with Crippen LogP contribution >= 0.6 is 0 Å². The van der Waals surface area contributed by atoms with E-state index in [2.05, 4.69) is 13.2 Å². The molecule has 2 unspecified atom stereocenters. The number of rotatable bonds is 6. The molecule has 194 valence electrons. The number of Topliss-reactive ketones (excluding diaryl/α,β-unsaturated/α-hetero) is 1. The number of aldehydes is 1. The van der Waals surface area contributed by atoms with E-state index < -0.39 is 5.97 Å². The summed E-state index contributed by atoms with van der Waals surface area (Å²) in [6, 6.07) is 19.8. The molecule has 37 heavy (non-hydrogen) atoms. The topological polar surface area (TPSA) is 91.9 Å². The highest BCUT2D eigenvalue weighted by Gasteiger charge is 2.44. The fourth-order valence-corrected chi connectivity index (χ4v) is 3.62. The third kappa shape index (κ3) is 8.81. The van der Waals surface area contributed by atoms with E-state index >= 15 is 0 Å². The predicted octanol–water partition coefficient (Wildman–Crippen LogP) is 6.88. The molecule has 5 nitrogen and oxygen atoms in total. The van der Waals surface area contributed by atoms with E-state index in [0.717, 1.165) is 23.1 Å². The van der Waals surface area contributed by atoms with Crippen LogP contribution in [0.4, 0.5) is 0 Å². The van der Waals surface area contributed by atoms with E-state index in [9.17, 15) is 14.4 Å². The molecule has 0 saturated heterocycles. The summed E-state index contributed by atoms with van der Waals surface area (Å²) >= 11 is 0. The zero-order valence-corrected chi connectivity index (χ0v) is 22.0. The van der Waals surface area contributed by atoms with Gasteiger partial charge >= 0.3 is 5.97 Å². The van der Waals surface area contributed by atoms with E-state index in [1.54, 1.807) is 36.4 Å². The van der Waals surface area contributed by atoms with Crippen molar-refractivity contribution in [3.05, 3.63) is 125 Å². The van der Waals surface area contributed by atoms with Gasteiger partial charge in [-0.1, -0.05) is 65.7 Å². The van der Waals surface area contributed by atoms with E-state index in [1.807, 2.05) is 70.2 Å². The number of aryl methyl sites for hydroxylation is 2. The molecule has 0 bridgehead atoms. The maximum absolute atomic E-state index is 12.7. The SMILES string of the molecule is C=CC.C=CC.Cc1ccc(C(=O)Oc2ccc(C3CC3C(=O)c3ccc(C)cc3)cc2C=O)cc1.O. The zero-order valence-electron chi connectivity index (χ0n) is 22.0. The number of allylic oxidation sites excluding steroid dienone is 2. The Labute approximate surface area is 219 Å². The molecule has 4 rings (SSSR count). The van der Waals surface area contributed by atoms with Crippen molar-refractivity contribution in [2.45, 2.75) is 40.0 Å². The van der Waals surface area contributed by atoms with E-state index in [0.29, 0.717) is 23.0 Å². The van der Waals surface area contributed by atoms with Crippen molar-refractivity contribution in [2.24, 2.45) is 5.92 Å². The molecule has 5 heteroatoms. The Morgan fingerprint density at radius 2 is 1.32 bits per heavy atom. The van der Waals surface area contributed by atoms with Crippen LogP contribution in [0.3, 0.4) is 0 Å². The Morgan fingerprint density at radius 3 is 1.81 bits per heavy atom. The van der Waals surface area contributed by atoms with Gasteiger partial charge in [0.1, 0.15) is 5.75 Å². The number of benzene rings is 3. The Hall–Kier alpha value is -4.09. The van der Waals surface area contributed by atoms with Gasteiger partial charge in [0.25, 0.3) is 0 Å². The summed E-state index contributed by atoms with van der Waals surface area (Å²) in [5.74, 6) is -0.152. The van der Waals surface area contributed by atoms with Crippen LogP contribution in [0.2, 0.25) is 0 Å². The van der Waals surface area contributed by atoms with Crippen molar-refractivity contribution in [1.82, 2.24) is 0 Å². The Morgan fingerprint density at radius 1 is 0.838 bits per heavy atom. The van der Waals surface area contributed by atoms with Crippen molar-refractivity contribution in [1.29, 1.82) is 0 Å². The summed E-state index contributed by atoms with van der Waals surface area (Å²) in [7, 11) is 0. The molecule has 2 N–H and O–H groups in total. The Bertz CT molecular complexity index is 1200. The number of esters is 1. The third-order valence-electron chi connectivity index (χ3n) is 5.54. The van der Waals surface area contributed by atoms with Crippen LogP contribution in [0.1, 0.15) is 74.0 Å². The molecule has 1 saturated carbocycles. The summed E-state index contributed by atoms with van der Waals surface area (Å²) in [6.07, 6.45) is 4.94. The largest absolute Gasteiger partial charge is 0.422 e. The Kier molecular flexibility index (Phi) is 12.6. The van der Waals surface area contributed by atoms with Gasteiger partial charge in [0.05, 0.1) is 11.1 Å².